The zero-order valence-corrected chi connectivity index (χ0v) is 12.5. The molecule has 0 aromatic heterocycles. The van der Waals surface area contributed by atoms with E-state index in [1.54, 1.807) is 25.1 Å². The van der Waals surface area contributed by atoms with E-state index in [4.69, 9.17) is 18.9 Å². The van der Waals surface area contributed by atoms with E-state index < -0.39 is 11.9 Å². The van der Waals surface area contributed by atoms with Gasteiger partial charge in [-0.2, -0.15) is 0 Å². The number of hydrogen-bond acceptors (Lipinski definition) is 6. The van der Waals surface area contributed by atoms with Crippen LogP contribution in [0.1, 0.15) is 19.4 Å². The second kappa shape index (κ2) is 7.94. The third-order valence-corrected chi connectivity index (χ3v) is 2.43. The number of carbonyl (C=O) groups excluding carboxylic acids is 2. The largest absolute Gasteiger partial charge is 0.493 e. The van der Waals surface area contributed by atoms with Crippen molar-refractivity contribution in [3.05, 3.63) is 23.8 Å². The van der Waals surface area contributed by atoms with Gasteiger partial charge < -0.3 is 18.9 Å². The summed E-state index contributed by atoms with van der Waals surface area (Å²) in [6.07, 6.45) is 2.85. The van der Waals surface area contributed by atoms with Crippen molar-refractivity contribution >= 4 is 18.0 Å². The molecule has 0 spiro atoms. The predicted octanol–water partition coefficient (Wildman–Crippen LogP) is 2.21. The Hall–Kier alpha value is -2.50. The summed E-state index contributed by atoms with van der Waals surface area (Å²) in [5.74, 6) is -0.0807. The van der Waals surface area contributed by atoms with Gasteiger partial charge in [-0.1, -0.05) is 0 Å². The van der Waals surface area contributed by atoms with Gasteiger partial charge in [0.1, 0.15) is 0 Å². The lowest BCUT2D eigenvalue weighted by Crippen LogP contribution is -2.05. The Balaban J connectivity index is 3.13. The van der Waals surface area contributed by atoms with Crippen LogP contribution in [0.25, 0.3) is 6.08 Å². The minimum absolute atomic E-state index is 0.195. The molecule has 0 atom stereocenters. The summed E-state index contributed by atoms with van der Waals surface area (Å²) in [5.41, 5.74) is 0.646. The van der Waals surface area contributed by atoms with Crippen LogP contribution in [0, 0.1) is 0 Å². The molecule has 0 amide bonds. The maximum Gasteiger partial charge on any atom is 0.330 e. The Kier molecular flexibility index (Phi) is 6.26. The summed E-state index contributed by atoms with van der Waals surface area (Å²) in [6.45, 7) is 3.32. The molecule has 21 heavy (non-hydrogen) atoms. The first-order valence-corrected chi connectivity index (χ1v) is 6.31. The second-order valence-corrected chi connectivity index (χ2v) is 3.93. The van der Waals surface area contributed by atoms with Crippen LogP contribution in [-0.2, 0) is 14.3 Å². The molecule has 0 unspecified atom stereocenters. The van der Waals surface area contributed by atoms with E-state index in [9.17, 15) is 9.59 Å². The minimum atomic E-state index is -0.485. The second-order valence-electron chi connectivity index (χ2n) is 3.93. The highest BCUT2D eigenvalue weighted by Crippen LogP contribution is 2.39. The van der Waals surface area contributed by atoms with E-state index in [1.165, 1.54) is 27.2 Å². The smallest absolute Gasteiger partial charge is 0.330 e. The van der Waals surface area contributed by atoms with Crippen molar-refractivity contribution < 1.29 is 28.5 Å². The number of benzene rings is 1. The van der Waals surface area contributed by atoms with Gasteiger partial charge >= 0.3 is 11.9 Å². The molecular formula is C15H18O6. The van der Waals surface area contributed by atoms with E-state index in [1.807, 2.05) is 0 Å². The first kappa shape index (κ1) is 16.6. The molecule has 6 nitrogen and oxygen atoms in total. The zero-order valence-electron chi connectivity index (χ0n) is 12.5. The van der Waals surface area contributed by atoms with E-state index in [2.05, 4.69) is 0 Å². The molecule has 0 saturated heterocycles. The molecule has 114 valence electrons. The molecule has 0 heterocycles. The van der Waals surface area contributed by atoms with E-state index >= 15 is 0 Å². The topological polar surface area (TPSA) is 71.1 Å². The van der Waals surface area contributed by atoms with Gasteiger partial charge in [-0.3, -0.25) is 4.79 Å². The molecule has 0 fully saturated rings. The van der Waals surface area contributed by atoms with Gasteiger partial charge in [-0.05, 0) is 30.7 Å². The fourth-order valence-corrected chi connectivity index (χ4v) is 1.60. The zero-order chi connectivity index (χ0) is 15.8. The Morgan fingerprint density at radius 3 is 2.14 bits per heavy atom. The molecular weight excluding hydrogens is 277 g/mol. The van der Waals surface area contributed by atoms with Crippen LogP contribution in [-0.4, -0.2) is 32.8 Å². The predicted molar refractivity (Wildman–Crippen MR) is 76.5 cm³/mol. The lowest BCUT2D eigenvalue weighted by atomic mass is 10.1. The van der Waals surface area contributed by atoms with Gasteiger partial charge in [0.2, 0.25) is 5.75 Å². The van der Waals surface area contributed by atoms with Gasteiger partial charge in [0.25, 0.3) is 0 Å². The average molecular weight is 295 g/mol. The summed E-state index contributed by atoms with van der Waals surface area (Å²) >= 11 is 0. The van der Waals surface area contributed by atoms with Crippen LogP contribution in [0.3, 0.4) is 0 Å². The SMILES string of the molecule is CCO[13C](=O)/C=C/c1cc(OC)c(OC(C)=O)c(OC)c1. The van der Waals surface area contributed by atoms with Crippen molar-refractivity contribution in [1.82, 2.24) is 0 Å². The molecule has 0 radical (unpaired) electrons. The number of carbonyl (C=O) groups is 2. The molecule has 0 bridgehead atoms. The van der Waals surface area contributed by atoms with Crippen molar-refractivity contribution in [2.24, 2.45) is 0 Å². The van der Waals surface area contributed by atoms with E-state index in [-0.39, 0.29) is 5.75 Å². The van der Waals surface area contributed by atoms with Crippen molar-refractivity contribution in [3.8, 4) is 17.2 Å². The lowest BCUT2D eigenvalue weighted by Gasteiger charge is -2.13. The molecule has 6 heteroatoms. The van der Waals surface area contributed by atoms with Crippen LogP contribution < -0.4 is 14.2 Å². The maximum absolute atomic E-state index is 11.3. The summed E-state index contributed by atoms with van der Waals surface area (Å²) in [5, 5.41) is 0. The highest BCUT2D eigenvalue weighted by Gasteiger charge is 2.15. The maximum atomic E-state index is 11.3. The average Bonchev–Trinajstić information content (AvgIpc) is 2.45. The molecule has 0 saturated carbocycles. The van der Waals surface area contributed by atoms with Gasteiger partial charge in [0.15, 0.2) is 11.5 Å². The van der Waals surface area contributed by atoms with Gasteiger partial charge in [-0.15, -0.1) is 0 Å². The highest BCUT2D eigenvalue weighted by atomic mass is 16.6. The van der Waals surface area contributed by atoms with Gasteiger partial charge in [0.05, 0.1) is 20.8 Å². The molecule has 1 aromatic carbocycles. The lowest BCUT2D eigenvalue weighted by molar-refractivity contribution is -0.137. The Bertz CT molecular complexity index is 522. The molecule has 1 rings (SSSR count). The van der Waals surface area contributed by atoms with Crippen molar-refractivity contribution in [2.75, 3.05) is 20.8 Å². The third-order valence-electron chi connectivity index (χ3n) is 2.43. The molecule has 1 aromatic rings. The van der Waals surface area contributed by atoms with Crippen LogP contribution in [0.15, 0.2) is 18.2 Å². The standard InChI is InChI=1S/C15H18O6/c1-5-20-14(17)7-6-11-8-12(18-3)15(21-10(2)16)13(9-11)19-4/h6-9H,5H2,1-4H3/b7-6+/i14+1. The first-order valence-electron chi connectivity index (χ1n) is 6.31. The van der Waals surface area contributed by atoms with E-state index in [0.717, 1.165) is 0 Å². The summed E-state index contributed by atoms with van der Waals surface area (Å²) in [4.78, 5) is 22.4. The normalized spacial score (nSPS) is 10.3. The number of rotatable bonds is 6. The number of esters is 2. The van der Waals surface area contributed by atoms with Crippen LogP contribution in [0.5, 0.6) is 17.2 Å². The molecule has 0 aliphatic carbocycles. The number of ether oxygens (including phenoxy) is 4. The number of methoxy groups -OCH3 is 2. The van der Waals surface area contributed by atoms with Crippen molar-refractivity contribution in [3.63, 3.8) is 0 Å². The quantitative estimate of drug-likeness (QED) is 0.347. The number of hydrogen-bond donors (Lipinski definition) is 0. The van der Waals surface area contributed by atoms with Crippen LogP contribution in [0.2, 0.25) is 0 Å². The fourth-order valence-electron chi connectivity index (χ4n) is 1.60. The molecule has 0 aliphatic rings. The summed E-state index contributed by atoms with van der Waals surface area (Å²) in [7, 11) is 2.89. The third kappa shape index (κ3) is 4.83. The summed E-state index contributed by atoms with van der Waals surface area (Å²) < 4.78 is 20.2. The van der Waals surface area contributed by atoms with Crippen LogP contribution >= 0.6 is 0 Å². The fraction of sp³-hybridized carbons (Fsp3) is 0.333. The molecule has 0 aliphatic heterocycles. The van der Waals surface area contributed by atoms with Crippen molar-refractivity contribution in [1.29, 1.82) is 0 Å². The van der Waals surface area contributed by atoms with Crippen LogP contribution in [0.4, 0.5) is 0 Å². The molecule has 0 N–H and O–H groups in total. The highest BCUT2D eigenvalue weighted by molar-refractivity contribution is 5.87. The minimum Gasteiger partial charge on any atom is -0.493 e. The van der Waals surface area contributed by atoms with Crippen molar-refractivity contribution in [2.45, 2.75) is 13.8 Å². The van der Waals surface area contributed by atoms with E-state index in [0.29, 0.717) is 23.7 Å². The monoisotopic (exact) mass is 295 g/mol. The summed E-state index contributed by atoms with van der Waals surface area (Å²) in [6, 6.07) is 3.24. The first-order chi connectivity index (χ1) is 10.0. The Labute approximate surface area is 123 Å². The van der Waals surface area contributed by atoms with Gasteiger partial charge in [0, 0.05) is 13.0 Å². The Morgan fingerprint density at radius 2 is 1.71 bits per heavy atom. The Morgan fingerprint density at radius 1 is 1.14 bits per heavy atom. The van der Waals surface area contributed by atoms with Gasteiger partial charge in [-0.25, -0.2) is 4.79 Å².